The Morgan fingerprint density at radius 1 is 1.40 bits per heavy atom. The summed E-state index contributed by atoms with van der Waals surface area (Å²) in [7, 11) is 0. The lowest BCUT2D eigenvalue weighted by Crippen LogP contribution is -2.37. The molecule has 0 fully saturated rings. The van der Waals surface area contributed by atoms with Gasteiger partial charge in [-0.25, -0.2) is 0 Å². The molecule has 1 atom stereocenters. The molecule has 0 saturated carbocycles. The summed E-state index contributed by atoms with van der Waals surface area (Å²) in [6, 6.07) is 5.10. The zero-order valence-corrected chi connectivity index (χ0v) is 12.0. The van der Waals surface area contributed by atoms with E-state index in [1.165, 1.54) is 0 Å². The number of rotatable bonds is 5. The Hall–Kier alpha value is -1.12. The van der Waals surface area contributed by atoms with Crippen molar-refractivity contribution in [3.8, 4) is 0 Å². The summed E-state index contributed by atoms with van der Waals surface area (Å²) >= 11 is 3.25. The summed E-state index contributed by atoms with van der Waals surface area (Å²) in [5.41, 5.74) is 6.80. The van der Waals surface area contributed by atoms with Gasteiger partial charge in [-0.05, 0) is 29.7 Å². The predicted octanol–water partition coefficient (Wildman–Crippen LogP) is 2.01. The summed E-state index contributed by atoms with van der Waals surface area (Å²) in [5.74, 6) is -2.01. The first kappa shape index (κ1) is 16.9. The molecular weight excluding hydrogens is 341 g/mol. The third-order valence-electron chi connectivity index (χ3n) is 2.56. The number of aliphatic hydroxyl groups is 1. The maximum Gasteiger partial charge on any atom is 0.471 e. The number of aliphatic hydroxyl groups excluding tert-OH is 1. The number of halogens is 4. The molecule has 1 aromatic carbocycles. The van der Waals surface area contributed by atoms with Gasteiger partial charge in [0, 0.05) is 17.6 Å². The largest absolute Gasteiger partial charge is 0.471 e. The van der Waals surface area contributed by atoms with Crippen LogP contribution in [0.4, 0.5) is 13.2 Å². The number of carbonyl (C=O) groups is 1. The summed E-state index contributed by atoms with van der Waals surface area (Å²) in [4.78, 5) is 10.6. The van der Waals surface area contributed by atoms with Gasteiger partial charge in [-0.1, -0.05) is 22.0 Å². The molecule has 1 amide bonds. The van der Waals surface area contributed by atoms with Crippen molar-refractivity contribution in [1.82, 2.24) is 5.32 Å². The van der Waals surface area contributed by atoms with Crippen molar-refractivity contribution in [1.29, 1.82) is 0 Å². The van der Waals surface area contributed by atoms with Crippen molar-refractivity contribution in [3.63, 3.8) is 0 Å². The molecule has 0 saturated heterocycles. The van der Waals surface area contributed by atoms with Crippen molar-refractivity contribution in [2.24, 2.45) is 5.73 Å². The van der Waals surface area contributed by atoms with Crippen LogP contribution in [0.25, 0.3) is 0 Å². The molecule has 0 radical (unpaired) electrons. The Morgan fingerprint density at radius 3 is 2.60 bits per heavy atom. The molecule has 0 aliphatic carbocycles. The standard InChI is InChI=1S/C12H14BrF3N2O2/c13-9-4-7(6-17)3-8(5-9)10(19)1-2-18-11(20)12(14,15)16/h3-5,10,19H,1-2,6,17H2,(H,18,20). The van der Waals surface area contributed by atoms with Gasteiger partial charge in [-0.2, -0.15) is 13.2 Å². The number of hydrogen-bond acceptors (Lipinski definition) is 3. The van der Waals surface area contributed by atoms with Gasteiger partial charge in [0.15, 0.2) is 0 Å². The second kappa shape index (κ2) is 7.05. The van der Waals surface area contributed by atoms with E-state index in [1.807, 2.05) is 0 Å². The molecule has 1 rings (SSSR count). The van der Waals surface area contributed by atoms with Crippen LogP contribution in [0.3, 0.4) is 0 Å². The lowest BCUT2D eigenvalue weighted by atomic mass is 10.0. The first-order valence-corrected chi connectivity index (χ1v) is 6.56. The van der Waals surface area contributed by atoms with E-state index in [4.69, 9.17) is 5.73 Å². The summed E-state index contributed by atoms with van der Waals surface area (Å²) in [6.45, 7) is 0.00789. The highest BCUT2D eigenvalue weighted by molar-refractivity contribution is 9.10. The fourth-order valence-electron chi connectivity index (χ4n) is 1.57. The number of nitrogens with two attached hydrogens (primary N) is 1. The van der Waals surface area contributed by atoms with E-state index in [2.05, 4.69) is 15.9 Å². The molecular formula is C12H14BrF3N2O2. The maximum atomic E-state index is 12.0. The second-order valence-electron chi connectivity index (χ2n) is 4.16. The van der Waals surface area contributed by atoms with Crippen molar-refractivity contribution >= 4 is 21.8 Å². The molecule has 0 aliphatic heterocycles. The molecule has 1 aromatic rings. The molecule has 0 spiro atoms. The molecule has 0 aromatic heterocycles. The van der Waals surface area contributed by atoms with Gasteiger partial charge in [0.2, 0.25) is 0 Å². The molecule has 112 valence electrons. The number of benzene rings is 1. The van der Waals surface area contributed by atoms with Crippen molar-refractivity contribution in [2.45, 2.75) is 25.2 Å². The normalized spacial score (nSPS) is 13.1. The van der Waals surface area contributed by atoms with Gasteiger partial charge in [0.25, 0.3) is 0 Å². The Labute approximate surface area is 122 Å². The minimum Gasteiger partial charge on any atom is -0.388 e. The highest BCUT2D eigenvalue weighted by atomic mass is 79.9. The summed E-state index contributed by atoms with van der Waals surface area (Å²) in [5, 5.41) is 11.6. The Kier molecular flexibility index (Phi) is 5.97. The molecule has 0 bridgehead atoms. The van der Waals surface area contributed by atoms with Crippen LogP contribution in [0.2, 0.25) is 0 Å². The number of alkyl halides is 3. The lowest BCUT2D eigenvalue weighted by Gasteiger charge is -2.14. The van der Waals surface area contributed by atoms with Gasteiger partial charge >= 0.3 is 12.1 Å². The summed E-state index contributed by atoms with van der Waals surface area (Å²) in [6.07, 6.45) is -5.92. The van der Waals surface area contributed by atoms with E-state index in [1.54, 1.807) is 23.5 Å². The average Bonchev–Trinajstić information content (AvgIpc) is 2.36. The molecule has 0 aliphatic rings. The van der Waals surface area contributed by atoms with Crippen molar-refractivity contribution < 1.29 is 23.1 Å². The fourth-order valence-corrected chi connectivity index (χ4v) is 2.13. The number of carbonyl (C=O) groups excluding carboxylic acids is 1. The molecule has 0 heterocycles. The van der Waals surface area contributed by atoms with Gasteiger partial charge in [-0.15, -0.1) is 0 Å². The van der Waals surface area contributed by atoms with Crippen LogP contribution in [0, 0.1) is 0 Å². The zero-order chi connectivity index (χ0) is 15.3. The lowest BCUT2D eigenvalue weighted by molar-refractivity contribution is -0.173. The topological polar surface area (TPSA) is 75.3 Å². The van der Waals surface area contributed by atoms with Crippen LogP contribution < -0.4 is 11.1 Å². The Morgan fingerprint density at radius 2 is 2.05 bits per heavy atom. The zero-order valence-electron chi connectivity index (χ0n) is 10.4. The van der Waals surface area contributed by atoms with E-state index >= 15 is 0 Å². The third-order valence-corrected chi connectivity index (χ3v) is 3.02. The molecule has 4 N–H and O–H groups in total. The van der Waals surface area contributed by atoms with Crippen molar-refractivity contribution in [2.75, 3.05) is 6.54 Å². The molecule has 1 unspecified atom stereocenters. The fraction of sp³-hybridized carbons (Fsp3) is 0.417. The first-order valence-electron chi connectivity index (χ1n) is 5.76. The number of amides is 1. The van der Waals surface area contributed by atoms with E-state index in [-0.39, 0.29) is 19.5 Å². The SMILES string of the molecule is NCc1cc(Br)cc(C(O)CCNC(=O)C(F)(F)F)c1. The van der Waals surface area contributed by atoms with Gasteiger partial charge in [0.05, 0.1) is 6.10 Å². The average molecular weight is 355 g/mol. The van der Waals surface area contributed by atoms with Crippen molar-refractivity contribution in [3.05, 3.63) is 33.8 Å². The quantitative estimate of drug-likeness (QED) is 0.757. The second-order valence-corrected chi connectivity index (χ2v) is 5.07. The Bertz CT molecular complexity index is 480. The van der Waals surface area contributed by atoms with Gasteiger partial charge in [0.1, 0.15) is 0 Å². The smallest absolute Gasteiger partial charge is 0.388 e. The maximum absolute atomic E-state index is 12.0. The van der Waals surface area contributed by atoms with Gasteiger partial charge < -0.3 is 16.2 Å². The van der Waals surface area contributed by atoms with E-state index in [9.17, 15) is 23.1 Å². The highest BCUT2D eigenvalue weighted by Gasteiger charge is 2.38. The summed E-state index contributed by atoms with van der Waals surface area (Å²) < 4.78 is 36.6. The first-order chi connectivity index (χ1) is 9.24. The predicted molar refractivity (Wildman–Crippen MR) is 70.7 cm³/mol. The highest BCUT2D eigenvalue weighted by Crippen LogP contribution is 2.23. The van der Waals surface area contributed by atoms with Gasteiger partial charge in [-0.3, -0.25) is 4.79 Å². The molecule has 4 nitrogen and oxygen atoms in total. The van der Waals surface area contributed by atoms with Crippen LogP contribution in [-0.4, -0.2) is 23.7 Å². The Balaban J connectivity index is 2.57. The minimum atomic E-state index is -4.91. The molecule has 20 heavy (non-hydrogen) atoms. The van der Waals surface area contributed by atoms with E-state index < -0.39 is 18.2 Å². The minimum absolute atomic E-state index is 0.0255. The van der Waals surface area contributed by atoms with Crippen LogP contribution in [0.1, 0.15) is 23.7 Å². The van der Waals surface area contributed by atoms with Crippen LogP contribution in [0.15, 0.2) is 22.7 Å². The number of nitrogens with one attached hydrogen (secondary N) is 1. The van der Waals surface area contributed by atoms with Crippen LogP contribution in [-0.2, 0) is 11.3 Å². The van der Waals surface area contributed by atoms with Crippen LogP contribution >= 0.6 is 15.9 Å². The third kappa shape index (κ3) is 5.10. The van der Waals surface area contributed by atoms with E-state index in [0.717, 1.165) is 5.56 Å². The number of hydrogen-bond donors (Lipinski definition) is 3. The molecule has 8 heteroatoms. The monoisotopic (exact) mass is 354 g/mol. The van der Waals surface area contributed by atoms with E-state index in [0.29, 0.717) is 10.0 Å². The van der Waals surface area contributed by atoms with Crippen LogP contribution in [0.5, 0.6) is 0 Å².